The molecular weight excluding hydrogens is 302 g/mol. The van der Waals surface area contributed by atoms with Crippen LogP contribution >= 0.6 is 15.9 Å². The van der Waals surface area contributed by atoms with Crippen LogP contribution in [0.5, 0.6) is 5.75 Å². The van der Waals surface area contributed by atoms with E-state index in [0.717, 1.165) is 26.1 Å². The Hall–Kier alpha value is -1.14. The van der Waals surface area contributed by atoms with Crippen LogP contribution in [0.1, 0.15) is 12.8 Å². The maximum Gasteiger partial charge on any atom is 0.312 e. The number of nitrogens with zero attached hydrogens (tertiary/aromatic N) is 1. The van der Waals surface area contributed by atoms with Crippen LogP contribution in [-0.2, 0) is 4.74 Å². The van der Waals surface area contributed by atoms with Crippen LogP contribution in [0.15, 0.2) is 22.7 Å². The van der Waals surface area contributed by atoms with Crippen molar-refractivity contribution in [3.63, 3.8) is 0 Å². The summed E-state index contributed by atoms with van der Waals surface area (Å²) in [6.45, 7) is 2.00. The van der Waals surface area contributed by atoms with Crippen LogP contribution < -0.4 is 4.74 Å². The van der Waals surface area contributed by atoms with Crippen LogP contribution in [0.25, 0.3) is 0 Å². The molecule has 0 atom stereocenters. The van der Waals surface area contributed by atoms with Gasteiger partial charge in [0.05, 0.1) is 11.5 Å². The first-order valence-electron chi connectivity index (χ1n) is 5.81. The molecule has 1 aliphatic rings. The summed E-state index contributed by atoms with van der Waals surface area (Å²) in [6.07, 6.45) is 1.90. The van der Waals surface area contributed by atoms with E-state index in [0.29, 0.717) is 22.7 Å². The maximum absolute atomic E-state index is 10.9. The molecule has 0 radical (unpaired) electrons. The third kappa shape index (κ3) is 3.43. The zero-order valence-electron chi connectivity index (χ0n) is 9.80. The van der Waals surface area contributed by atoms with Gasteiger partial charge in [0.1, 0.15) is 0 Å². The molecule has 0 bridgehead atoms. The van der Waals surface area contributed by atoms with Crippen molar-refractivity contribution in [2.24, 2.45) is 5.92 Å². The van der Waals surface area contributed by atoms with Gasteiger partial charge in [0.25, 0.3) is 0 Å². The van der Waals surface area contributed by atoms with Gasteiger partial charge in [-0.1, -0.05) is 15.9 Å². The molecule has 0 amide bonds. The predicted octanol–water partition coefficient (Wildman–Crippen LogP) is 3.16. The van der Waals surface area contributed by atoms with Crippen LogP contribution in [0, 0.1) is 16.0 Å². The maximum atomic E-state index is 10.9. The lowest BCUT2D eigenvalue weighted by Gasteiger charge is -2.21. The Kier molecular flexibility index (Phi) is 4.54. The van der Waals surface area contributed by atoms with Gasteiger partial charge in [-0.25, -0.2) is 0 Å². The lowest BCUT2D eigenvalue weighted by atomic mass is 10.0. The van der Waals surface area contributed by atoms with Crippen molar-refractivity contribution >= 4 is 21.6 Å². The van der Waals surface area contributed by atoms with Crippen molar-refractivity contribution in [3.05, 3.63) is 32.8 Å². The highest BCUT2D eigenvalue weighted by atomic mass is 79.9. The zero-order chi connectivity index (χ0) is 13.0. The first-order chi connectivity index (χ1) is 8.66. The molecule has 6 heteroatoms. The molecule has 18 heavy (non-hydrogen) atoms. The lowest BCUT2D eigenvalue weighted by molar-refractivity contribution is -0.386. The van der Waals surface area contributed by atoms with Crippen molar-refractivity contribution in [3.8, 4) is 5.75 Å². The molecule has 98 valence electrons. The van der Waals surface area contributed by atoms with E-state index < -0.39 is 4.92 Å². The molecule has 2 rings (SSSR count). The van der Waals surface area contributed by atoms with E-state index in [4.69, 9.17) is 9.47 Å². The second-order valence-corrected chi connectivity index (χ2v) is 5.15. The number of nitro groups is 1. The number of halogens is 1. The second kappa shape index (κ2) is 6.15. The number of rotatable bonds is 4. The number of hydrogen-bond donors (Lipinski definition) is 0. The topological polar surface area (TPSA) is 61.6 Å². The van der Waals surface area contributed by atoms with Gasteiger partial charge < -0.3 is 9.47 Å². The molecule has 0 aliphatic carbocycles. The van der Waals surface area contributed by atoms with E-state index in [2.05, 4.69) is 15.9 Å². The van der Waals surface area contributed by atoms with E-state index in [-0.39, 0.29) is 5.69 Å². The van der Waals surface area contributed by atoms with Gasteiger partial charge in [-0.05, 0) is 30.9 Å². The summed E-state index contributed by atoms with van der Waals surface area (Å²) < 4.78 is 11.5. The third-order valence-corrected chi connectivity index (χ3v) is 3.43. The molecule has 1 aliphatic heterocycles. The van der Waals surface area contributed by atoms with E-state index in [1.54, 1.807) is 12.1 Å². The molecule has 0 spiro atoms. The summed E-state index contributed by atoms with van der Waals surface area (Å²) in [5.41, 5.74) is -0.00330. The molecule has 1 aromatic carbocycles. The first-order valence-corrected chi connectivity index (χ1v) is 6.60. The highest BCUT2D eigenvalue weighted by molar-refractivity contribution is 9.10. The number of benzene rings is 1. The summed E-state index contributed by atoms with van der Waals surface area (Å²) in [6, 6.07) is 4.83. The smallest absolute Gasteiger partial charge is 0.312 e. The highest BCUT2D eigenvalue weighted by Gasteiger charge is 2.19. The average molecular weight is 316 g/mol. The summed E-state index contributed by atoms with van der Waals surface area (Å²) in [5, 5.41) is 10.9. The SMILES string of the molecule is O=[N+]([O-])c1cc(Br)ccc1OCC1CCOCC1. The summed E-state index contributed by atoms with van der Waals surface area (Å²) in [4.78, 5) is 10.5. The van der Waals surface area contributed by atoms with Crippen molar-refractivity contribution in [1.29, 1.82) is 0 Å². The first kappa shape index (κ1) is 13.3. The average Bonchev–Trinajstić information content (AvgIpc) is 2.38. The fourth-order valence-corrected chi connectivity index (χ4v) is 2.22. The van der Waals surface area contributed by atoms with E-state index in [1.165, 1.54) is 6.07 Å². The van der Waals surface area contributed by atoms with Gasteiger partial charge in [0.15, 0.2) is 5.75 Å². The minimum absolute atomic E-state index is 0.00330. The molecule has 0 unspecified atom stereocenters. The van der Waals surface area contributed by atoms with Gasteiger partial charge in [-0.2, -0.15) is 0 Å². The number of ether oxygens (including phenoxy) is 2. The van der Waals surface area contributed by atoms with E-state index in [9.17, 15) is 10.1 Å². The molecule has 5 nitrogen and oxygen atoms in total. The van der Waals surface area contributed by atoms with E-state index >= 15 is 0 Å². The molecular formula is C12H14BrNO4. The Morgan fingerprint density at radius 2 is 2.17 bits per heavy atom. The minimum atomic E-state index is -0.427. The lowest BCUT2D eigenvalue weighted by Crippen LogP contribution is -2.21. The Morgan fingerprint density at radius 1 is 1.44 bits per heavy atom. The standard InChI is InChI=1S/C12H14BrNO4/c13-10-1-2-12(11(7-10)14(15)16)18-8-9-3-5-17-6-4-9/h1-2,7,9H,3-6,8H2. The highest BCUT2D eigenvalue weighted by Crippen LogP contribution is 2.30. The minimum Gasteiger partial charge on any atom is -0.487 e. The fourth-order valence-electron chi connectivity index (χ4n) is 1.88. The van der Waals surface area contributed by atoms with Gasteiger partial charge >= 0.3 is 5.69 Å². The largest absolute Gasteiger partial charge is 0.487 e. The Morgan fingerprint density at radius 3 is 2.83 bits per heavy atom. The van der Waals surface area contributed by atoms with Crippen LogP contribution in [0.4, 0.5) is 5.69 Å². The third-order valence-electron chi connectivity index (χ3n) is 2.93. The van der Waals surface area contributed by atoms with Crippen molar-refractivity contribution < 1.29 is 14.4 Å². The van der Waals surface area contributed by atoms with Crippen molar-refractivity contribution in [1.82, 2.24) is 0 Å². The van der Waals surface area contributed by atoms with Crippen molar-refractivity contribution in [2.45, 2.75) is 12.8 Å². The van der Waals surface area contributed by atoms with Gasteiger partial charge in [-0.3, -0.25) is 10.1 Å². The normalized spacial score (nSPS) is 16.5. The van der Waals surface area contributed by atoms with Crippen LogP contribution in [0.3, 0.4) is 0 Å². The Bertz CT molecular complexity index is 432. The molecule has 1 saturated heterocycles. The van der Waals surface area contributed by atoms with Gasteiger partial charge in [0, 0.05) is 23.8 Å². The quantitative estimate of drug-likeness (QED) is 0.632. The molecule has 0 saturated carbocycles. The van der Waals surface area contributed by atoms with Crippen LogP contribution in [-0.4, -0.2) is 24.7 Å². The van der Waals surface area contributed by atoms with E-state index in [1.807, 2.05) is 0 Å². The molecule has 0 N–H and O–H groups in total. The Labute approximate surface area is 113 Å². The Balaban J connectivity index is 2.01. The molecule has 1 heterocycles. The summed E-state index contributed by atoms with van der Waals surface area (Å²) in [5.74, 6) is 0.747. The molecule has 1 aromatic rings. The van der Waals surface area contributed by atoms with Crippen molar-refractivity contribution in [2.75, 3.05) is 19.8 Å². The monoisotopic (exact) mass is 315 g/mol. The summed E-state index contributed by atoms with van der Waals surface area (Å²) in [7, 11) is 0. The van der Waals surface area contributed by atoms with Crippen LogP contribution in [0.2, 0.25) is 0 Å². The summed E-state index contributed by atoms with van der Waals surface area (Å²) >= 11 is 3.22. The number of nitro benzene ring substituents is 1. The second-order valence-electron chi connectivity index (χ2n) is 4.24. The van der Waals surface area contributed by atoms with Gasteiger partial charge in [0.2, 0.25) is 0 Å². The van der Waals surface area contributed by atoms with Gasteiger partial charge in [-0.15, -0.1) is 0 Å². The predicted molar refractivity (Wildman–Crippen MR) is 69.8 cm³/mol. The molecule has 0 aromatic heterocycles. The number of hydrogen-bond acceptors (Lipinski definition) is 4. The molecule has 1 fully saturated rings. The zero-order valence-corrected chi connectivity index (χ0v) is 11.4. The fraction of sp³-hybridized carbons (Fsp3) is 0.500.